The molecule has 0 aromatic heterocycles. The minimum absolute atomic E-state index is 0.284. The van der Waals surface area contributed by atoms with E-state index in [4.69, 9.17) is 4.74 Å². The highest BCUT2D eigenvalue weighted by Gasteiger charge is 2.23. The van der Waals surface area contributed by atoms with Crippen molar-refractivity contribution >= 4 is 12.0 Å². The normalized spacial score (nSPS) is 12.2. The average Bonchev–Trinajstić information content (AvgIpc) is 2.21. The zero-order chi connectivity index (χ0) is 15.1. The van der Waals surface area contributed by atoms with Gasteiger partial charge >= 0.3 is 6.09 Å². The number of ether oxygens (including phenoxy) is 1. The van der Waals surface area contributed by atoms with Crippen LogP contribution < -0.4 is 10.6 Å². The van der Waals surface area contributed by atoms with Crippen molar-refractivity contribution in [1.29, 1.82) is 0 Å². The Balaban J connectivity index is 4.58. The third kappa shape index (κ3) is 8.88. The zero-order valence-electron chi connectivity index (χ0n) is 12.2. The molecule has 0 aromatic carbocycles. The van der Waals surface area contributed by atoms with Crippen molar-refractivity contribution in [3.8, 4) is 0 Å². The van der Waals surface area contributed by atoms with Crippen LogP contribution >= 0.6 is 0 Å². The molecule has 0 spiro atoms. The summed E-state index contributed by atoms with van der Waals surface area (Å²) in [6, 6.07) is -0.688. The quantitative estimate of drug-likeness (QED) is 0.725. The van der Waals surface area contributed by atoms with Gasteiger partial charge in [-0.15, -0.1) is 13.2 Å². The molecule has 0 saturated carbocycles. The third-order valence-electron chi connectivity index (χ3n) is 1.98. The highest BCUT2D eigenvalue weighted by molar-refractivity contribution is 5.86. The van der Waals surface area contributed by atoms with Gasteiger partial charge in [-0.25, -0.2) is 4.79 Å². The Labute approximate surface area is 115 Å². The molecule has 0 bridgehead atoms. The number of hydrogen-bond acceptors (Lipinski definition) is 3. The fraction of sp³-hybridized carbons (Fsp3) is 0.571. The molecule has 0 unspecified atom stereocenters. The fourth-order valence-corrected chi connectivity index (χ4v) is 1.30. The summed E-state index contributed by atoms with van der Waals surface area (Å²) in [7, 11) is 0. The second-order valence-corrected chi connectivity index (χ2v) is 5.39. The van der Waals surface area contributed by atoms with Crippen molar-refractivity contribution < 1.29 is 14.3 Å². The lowest BCUT2D eigenvalue weighted by molar-refractivity contribution is -0.122. The summed E-state index contributed by atoms with van der Waals surface area (Å²) in [5.74, 6) is -0.284. The Morgan fingerprint density at radius 1 is 1.37 bits per heavy atom. The van der Waals surface area contributed by atoms with Crippen molar-refractivity contribution in [3.63, 3.8) is 0 Å². The first-order valence-corrected chi connectivity index (χ1v) is 6.18. The average molecular weight is 268 g/mol. The monoisotopic (exact) mass is 268 g/mol. The van der Waals surface area contributed by atoms with Gasteiger partial charge in [0.05, 0.1) is 0 Å². The van der Waals surface area contributed by atoms with Gasteiger partial charge in [-0.1, -0.05) is 11.6 Å². The molecule has 2 N–H and O–H groups in total. The molecule has 0 heterocycles. The fourth-order valence-electron chi connectivity index (χ4n) is 1.30. The summed E-state index contributed by atoms with van der Waals surface area (Å²) >= 11 is 0. The lowest BCUT2D eigenvalue weighted by Crippen LogP contribution is -2.48. The lowest BCUT2D eigenvalue weighted by Gasteiger charge is -2.23. The Hall–Kier alpha value is -1.78. The van der Waals surface area contributed by atoms with E-state index in [0.29, 0.717) is 13.0 Å². The first-order chi connectivity index (χ1) is 8.65. The van der Waals surface area contributed by atoms with Crippen LogP contribution in [-0.2, 0) is 9.53 Å². The van der Waals surface area contributed by atoms with Crippen molar-refractivity contribution in [2.45, 2.75) is 45.8 Å². The molecule has 5 nitrogen and oxygen atoms in total. The van der Waals surface area contributed by atoms with Gasteiger partial charge in [0.1, 0.15) is 11.6 Å². The molecular weight excluding hydrogens is 244 g/mol. The van der Waals surface area contributed by atoms with Gasteiger partial charge in [0.25, 0.3) is 0 Å². The number of carbonyl (C=O) groups is 2. The number of carbonyl (C=O) groups excluding carboxylic acids is 2. The molecule has 108 valence electrons. The first kappa shape index (κ1) is 17.2. The van der Waals surface area contributed by atoms with Crippen LogP contribution in [0.4, 0.5) is 4.79 Å². The van der Waals surface area contributed by atoms with Crippen LogP contribution in [0.1, 0.15) is 34.1 Å². The van der Waals surface area contributed by atoms with E-state index in [-0.39, 0.29) is 5.91 Å². The van der Waals surface area contributed by atoms with Crippen molar-refractivity contribution in [2.75, 3.05) is 6.54 Å². The van der Waals surface area contributed by atoms with E-state index in [1.165, 1.54) is 0 Å². The van der Waals surface area contributed by atoms with Gasteiger partial charge < -0.3 is 15.4 Å². The van der Waals surface area contributed by atoms with Crippen molar-refractivity contribution in [1.82, 2.24) is 10.6 Å². The minimum atomic E-state index is -0.688. The second-order valence-electron chi connectivity index (χ2n) is 5.39. The van der Waals surface area contributed by atoms with Gasteiger partial charge in [-0.05, 0) is 34.1 Å². The SMILES string of the molecule is C=CCNC(=O)[C@H](CC(=C)C)NC(=O)OC(C)(C)C. The van der Waals surface area contributed by atoms with E-state index in [1.54, 1.807) is 33.8 Å². The number of rotatable bonds is 6. The van der Waals surface area contributed by atoms with Gasteiger partial charge in [0.2, 0.25) is 5.91 Å². The molecule has 0 aliphatic carbocycles. The number of nitrogens with one attached hydrogen (secondary N) is 2. The number of hydrogen-bond donors (Lipinski definition) is 2. The van der Waals surface area contributed by atoms with Crippen LogP contribution in [0.2, 0.25) is 0 Å². The molecule has 2 amide bonds. The molecule has 0 radical (unpaired) electrons. The van der Waals surface area contributed by atoms with E-state index in [2.05, 4.69) is 23.8 Å². The molecular formula is C14H24N2O3. The summed E-state index contributed by atoms with van der Waals surface area (Å²) in [5.41, 5.74) is 0.199. The first-order valence-electron chi connectivity index (χ1n) is 6.18. The van der Waals surface area contributed by atoms with Crippen LogP contribution in [0.15, 0.2) is 24.8 Å². The van der Waals surface area contributed by atoms with E-state index >= 15 is 0 Å². The molecule has 5 heteroatoms. The largest absolute Gasteiger partial charge is 0.444 e. The Morgan fingerprint density at radius 2 is 1.95 bits per heavy atom. The molecule has 19 heavy (non-hydrogen) atoms. The number of amides is 2. The Morgan fingerprint density at radius 3 is 2.37 bits per heavy atom. The number of alkyl carbamates (subject to hydrolysis) is 1. The Kier molecular flexibility index (Phi) is 6.90. The van der Waals surface area contributed by atoms with Gasteiger partial charge in [0, 0.05) is 6.54 Å². The minimum Gasteiger partial charge on any atom is -0.444 e. The van der Waals surface area contributed by atoms with Crippen molar-refractivity contribution in [2.24, 2.45) is 0 Å². The zero-order valence-corrected chi connectivity index (χ0v) is 12.2. The summed E-state index contributed by atoms with van der Waals surface area (Å²) in [6.07, 6.45) is 1.32. The van der Waals surface area contributed by atoms with Crippen LogP contribution in [0, 0.1) is 0 Å². The van der Waals surface area contributed by atoms with Crippen molar-refractivity contribution in [3.05, 3.63) is 24.8 Å². The highest BCUT2D eigenvalue weighted by Crippen LogP contribution is 2.08. The molecule has 0 aliphatic rings. The topological polar surface area (TPSA) is 67.4 Å². The molecule has 0 aromatic rings. The predicted molar refractivity (Wildman–Crippen MR) is 75.8 cm³/mol. The molecule has 0 fully saturated rings. The predicted octanol–water partition coefficient (Wildman–Crippen LogP) is 2.15. The summed E-state index contributed by atoms with van der Waals surface area (Å²) < 4.78 is 5.12. The Bertz CT molecular complexity index is 356. The van der Waals surface area contributed by atoms with Crippen LogP contribution in [0.3, 0.4) is 0 Å². The van der Waals surface area contributed by atoms with E-state index in [1.807, 2.05) is 0 Å². The standard InChI is InChI=1S/C14H24N2O3/c1-7-8-15-12(17)11(9-10(2)3)16-13(18)19-14(4,5)6/h7,11H,1-2,8-9H2,3-6H3,(H,15,17)(H,16,18)/t11-/m0/s1. The maximum atomic E-state index is 11.9. The van der Waals surface area contributed by atoms with Crippen LogP contribution in [-0.4, -0.2) is 30.2 Å². The second kappa shape index (κ2) is 7.61. The maximum Gasteiger partial charge on any atom is 0.408 e. The maximum absolute atomic E-state index is 11.9. The molecule has 1 atom stereocenters. The van der Waals surface area contributed by atoms with Gasteiger partial charge in [-0.2, -0.15) is 0 Å². The molecule has 0 rings (SSSR count). The molecule has 0 aliphatic heterocycles. The lowest BCUT2D eigenvalue weighted by atomic mass is 10.1. The van der Waals surface area contributed by atoms with Gasteiger partial charge in [0.15, 0.2) is 0 Å². The van der Waals surface area contributed by atoms with Crippen LogP contribution in [0.25, 0.3) is 0 Å². The highest BCUT2D eigenvalue weighted by atomic mass is 16.6. The summed E-state index contributed by atoms with van der Waals surface area (Å²) in [4.78, 5) is 23.5. The molecule has 0 saturated heterocycles. The van der Waals surface area contributed by atoms with Crippen LogP contribution in [0.5, 0.6) is 0 Å². The summed E-state index contributed by atoms with van der Waals surface area (Å²) in [5, 5.41) is 5.18. The van der Waals surface area contributed by atoms with Gasteiger partial charge in [-0.3, -0.25) is 4.79 Å². The van der Waals surface area contributed by atoms with E-state index in [0.717, 1.165) is 5.57 Å². The van der Waals surface area contributed by atoms with E-state index < -0.39 is 17.7 Å². The third-order valence-corrected chi connectivity index (χ3v) is 1.98. The summed E-state index contributed by atoms with van der Waals surface area (Å²) in [6.45, 7) is 14.7. The smallest absolute Gasteiger partial charge is 0.408 e. The van der Waals surface area contributed by atoms with E-state index in [9.17, 15) is 9.59 Å².